The first-order chi connectivity index (χ1) is 14.2. The molecule has 6 heteroatoms. The molecule has 0 unspecified atom stereocenters. The first-order valence-corrected chi connectivity index (χ1v) is 10.8. The van der Waals surface area contributed by atoms with Crippen LogP contribution in [0, 0.1) is 19.8 Å². The van der Waals surface area contributed by atoms with Crippen LogP contribution in [0.4, 0.5) is 10.5 Å². The lowest BCUT2D eigenvalue weighted by Gasteiger charge is -2.29. The van der Waals surface area contributed by atoms with Crippen molar-refractivity contribution < 1.29 is 9.59 Å². The van der Waals surface area contributed by atoms with Crippen molar-refractivity contribution in [3.8, 4) is 0 Å². The number of carbonyl (C=O) groups is 2. The number of hydrogen-bond acceptors (Lipinski definition) is 2. The first-order valence-electron chi connectivity index (χ1n) is 10.8. The van der Waals surface area contributed by atoms with Crippen molar-refractivity contribution in [1.29, 1.82) is 0 Å². The van der Waals surface area contributed by atoms with E-state index in [4.69, 9.17) is 0 Å². The zero-order valence-electron chi connectivity index (χ0n) is 18.8. The summed E-state index contributed by atoms with van der Waals surface area (Å²) < 4.78 is 2.03. The molecule has 1 aliphatic carbocycles. The molecule has 30 heavy (non-hydrogen) atoms. The maximum atomic E-state index is 13.2. The number of carbonyl (C=O) groups excluding carboxylic acids is 2. The minimum Gasteiger partial charge on any atom is -0.353 e. The molecule has 0 aliphatic heterocycles. The molecular weight excluding hydrogens is 376 g/mol. The molecule has 1 fully saturated rings. The third-order valence-corrected chi connectivity index (χ3v) is 5.65. The van der Waals surface area contributed by atoms with Crippen molar-refractivity contribution in [2.75, 3.05) is 18.4 Å². The van der Waals surface area contributed by atoms with Crippen molar-refractivity contribution in [3.63, 3.8) is 0 Å². The van der Waals surface area contributed by atoms with Gasteiger partial charge in [-0.2, -0.15) is 0 Å². The van der Waals surface area contributed by atoms with Crippen LogP contribution in [0.15, 0.2) is 36.5 Å². The fourth-order valence-electron chi connectivity index (χ4n) is 3.56. The zero-order chi connectivity index (χ0) is 21.8. The largest absolute Gasteiger partial charge is 0.353 e. The van der Waals surface area contributed by atoms with Crippen LogP contribution in [0.25, 0.3) is 0 Å². The molecule has 0 spiro atoms. The summed E-state index contributed by atoms with van der Waals surface area (Å²) in [6.45, 7) is 9.62. The summed E-state index contributed by atoms with van der Waals surface area (Å²) in [5.74, 6) is 0.347. The van der Waals surface area contributed by atoms with E-state index >= 15 is 0 Å². The summed E-state index contributed by atoms with van der Waals surface area (Å²) in [7, 11) is 1.99. The molecule has 3 amide bonds. The van der Waals surface area contributed by atoms with Crippen molar-refractivity contribution in [2.45, 2.75) is 53.1 Å². The molecule has 3 rings (SSSR count). The Kier molecular flexibility index (Phi) is 6.85. The third kappa shape index (κ3) is 5.65. The number of urea groups is 1. The number of hydrogen-bond donors (Lipinski definition) is 1. The number of amides is 3. The van der Waals surface area contributed by atoms with Gasteiger partial charge in [0.2, 0.25) is 5.91 Å². The Morgan fingerprint density at radius 1 is 1.17 bits per heavy atom. The van der Waals surface area contributed by atoms with Gasteiger partial charge in [-0.15, -0.1) is 0 Å². The summed E-state index contributed by atoms with van der Waals surface area (Å²) in [5, 5.41) is 2.98. The molecule has 2 aromatic rings. The van der Waals surface area contributed by atoms with E-state index in [0.717, 1.165) is 29.8 Å². The number of rotatable bonds is 8. The second-order valence-electron chi connectivity index (χ2n) is 8.87. The number of anilines is 1. The van der Waals surface area contributed by atoms with Gasteiger partial charge in [0.25, 0.3) is 0 Å². The second-order valence-corrected chi connectivity index (χ2v) is 8.87. The number of nitrogens with zero attached hydrogens (tertiary/aromatic N) is 3. The van der Waals surface area contributed by atoms with Crippen molar-refractivity contribution in [2.24, 2.45) is 13.0 Å². The summed E-state index contributed by atoms with van der Waals surface area (Å²) in [4.78, 5) is 29.8. The number of benzene rings is 1. The van der Waals surface area contributed by atoms with Crippen LogP contribution in [0.1, 0.15) is 43.5 Å². The Morgan fingerprint density at radius 3 is 2.47 bits per heavy atom. The van der Waals surface area contributed by atoms with E-state index in [2.05, 4.69) is 19.2 Å². The van der Waals surface area contributed by atoms with E-state index in [9.17, 15) is 9.59 Å². The van der Waals surface area contributed by atoms with E-state index in [0.29, 0.717) is 19.0 Å². The van der Waals surface area contributed by atoms with E-state index in [-0.39, 0.29) is 24.5 Å². The third-order valence-electron chi connectivity index (χ3n) is 5.65. The molecule has 0 radical (unpaired) electrons. The molecule has 1 heterocycles. The normalized spacial score (nSPS) is 13.4. The quantitative estimate of drug-likeness (QED) is 0.704. The zero-order valence-corrected chi connectivity index (χ0v) is 18.8. The van der Waals surface area contributed by atoms with Gasteiger partial charge in [-0.3, -0.25) is 4.79 Å². The molecule has 1 N–H and O–H groups in total. The predicted molar refractivity (Wildman–Crippen MR) is 120 cm³/mol. The van der Waals surface area contributed by atoms with Crippen LogP contribution in [-0.4, -0.2) is 45.4 Å². The lowest BCUT2D eigenvalue weighted by Crippen LogP contribution is -2.46. The molecule has 1 aromatic carbocycles. The average molecular weight is 411 g/mol. The molecule has 1 aliphatic rings. The van der Waals surface area contributed by atoms with E-state index < -0.39 is 0 Å². The van der Waals surface area contributed by atoms with Crippen LogP contribution in [0.5, 0.6) is 0 Å². The van der Waals surface area contributed by atoms with Crippen LogP contribution in [-0.2, 0) is 18.4 Å². The maximum Gasteiger partial charge on any atom is 0.322 e. The second kappa shape index (κ2) is 9.37. The monoisotopic (exact) mass is 410 g/mol. The fraction of sp³-hybridized carbons (Fsp3) is 0.500. The number of aryl methyl sites for hydroxylation is 3. The molecule has 1 aromatic heterocycles. The van der Waals surface area contributed by atoms with Gasteiger partial charge in [0.1, 0.15) is 6.54 Å². The molecule has 1 saturated carbocycles. The van der Waals surface area contributed by atoms with E-state index in [1.165, 1.54) is 5.56 Å². The summed E-state index contributed by atoms with van der Waals surface area (Å²) in [5.41, 5.74) is 4.17. The fourth-order valence-corrected chi connectivity index (χ4v) is 3.56. The average Bonchev–Trinajstić information content (AvgIpc) is 3.44. The van der Waals surface area contributed by atoms with Gasteiger partial charge in [-0.05, 0) is 68.0 Å². The van der Waals surface area contributed by atoms with Crippen molar-refractivity contribution >= 4 is 17.6 Å². The maximum absolute atomic E-state index is 13.2. The summed E-state index contributed by atoms with van der Waals surface area (Å²) in [6.07, 6.45) is 3.89. The van der Waals surface area contributed by atoms with Gasteiger partial charge in [0, 0.05) is 37.2 Å². The van der Waals surface area contributed by atoms with E-state index in [1.54, 1.807) is 4.90 Å². The Bertz CT molecular complexity index is 898. The summed E-state index contributed by atoms with van der Waals surface area (Å²) in [6, 6.07) is 9.86. The highest BCUT2D eigenvalue weighted by atomic mass is 16.2. The highest BCUT2D eigenvalue weighted by Crippen LogP contribution is 2.28. The van der Waals surface area contributed by atoms with Gasteiger partial charge in [-0.1, -0.05) is 19.9 Å². The van der Waals surface area contributed by atoms with Crippen LogP contribution in [0.2, 0.25) is 0 Å². The van der Waals surface area contributed by atoms with Crippen LogP contribution in [0.3, 0.4) is 0 Å². The predicted octanol–water partition coefficient (Wildman–Crippen LogP) is 4.32. The highest BCUT2D eigenvalue weighted by molar-refractivity contribution is 5.93. The van der Waals surface area contributed by atoms with Gasteiger partial charge in [0.05, 0.1) is 6.54 Å². The first kappa shape index (κ1) is 21.9. The molecular formula is C24H34N4O2. The van der Waals surface area contributed by atoms with Gasteiger partial charge in [-0.25, -0.2) is 4.79 Å². The Balaban J connectivity index is 1.70. The summed E-state index contributed by atoms with van der Waals surface area (Å²) >= 11 is 0. The van der Waals surface area contributed by atoms with Crippen LogP contribution < -0.4 is 5.32 Å². The van der Waals surface area contributed by atoms with E-state index in [1.807, 2.05) is 66.9 Å². The lowest BCUT2D eigenvalue weighted by atomic mass is 10.1. The smallest absolute Gasteiger partial charge is 0.322 e. The Hall–Kier alpha value is -2.76. The van der Waals surface area contributed by atoms with Crippen molar-refractivity contribution in [1.82, 2.24) is 14.4 Å². The Morgan fingerprint density at radius 2 is 1.90 bits per heavy atom. The lowest BCUT2D eigenvalue weighted by molar-refractivity contribution is -0.133. The minimum absolute atomic E-state index is 0.00737. The number of nitrogens with one attached hydrogen (secondary N) is 1. The van der Waals surface area contributed by atoms with Gasteiger partial charge < -0.3 is 19.7 Å². The molecule has 0 bridgehead atoms. The van der Waals surface area contributed by atoms with Crippen molar-refractivity contribution in [3.05, 3.63) is 53.3 Å². The molecule has 162 valence electrons. The van der Waals surface area contributed by atoms with Gasteiger partial charge >= 0.3 is 6.03 Å². The van der Waals surface area contributed by atoms with Crippen LogP contribution >= 0.6 is 0 Å². The minimum atomic E-state index is -0.197. The topological polar surface area (TPSA) is 57.6 Å². The SMILES string of the molecule is Cc1ccc(NC(=O)N(CC(=O)N(Cc2cccn2C)CC(C)C)C2CC2)cc1C. The van der Waals surface area contributed by atoms with Gasteiger partial charge in [0.15, 0.2) is 0 Å². The molecule has 0 saturated heterocycles. The number of aromatic nitrogens is 1. The molecule has 6 nitrogen and oxygen atoms in total. The highest BCUT2D eigenvalue weighted by Gasteiger charge is 2.35. The molecule has 0 atom stereocenters. The standard InChI is InChI=1S/C24H34N4O2/c1-17(2)14-27(15-22-7-6-12-26(22)5)23(29)16-28(21-10-11-21)24(30)25-20-9-8-18(3)19(4)13-20/h6-9,12-13,17,21H,10-11,14-16H2,1-5H3,(H,25,30). The Labute approximate surface area is 179 Å².